The van der Waals surface area contributed by atoms with Crippen LogP contribution in [0.15, 0.2) is 57.7 Å². The number of carbonyl (C=O) groups excluding carboxylic acids is 1. The maximum atomic E-state index is 12.9. The Balaban J connectivity index is 1.33. The van der Waals surface area contributed by atoms with Gasteiger partial charge in [-0.15, -0.1) is 0 Å². The number of rotatable bonds is 5. The van der Waals surface area contributed by atoms with Gasteiger partial charge in [0, 0.05) is 44.2 Å². The van der Waals surface area contributed by atoms with Gasteiger partial charge in [0.15, 0.2) is 6.61 Å². The molecule has 3 aromatic rings. The van der Waals surface area contributed by atoms with Gasteiger partial charge in [-0.2, -0.15) is 0 Å². The third kappa shape index (κ3) is 4.68. The molecule has 0 aliphatic carbocycles. The van der Waals surface area contributed by atoms with Crippen LogP contribution in [0.1, 0.15) is 11.1 Å². The molecule has 1 aliphatic heterocycles. The van der Waals surface area contributed by atoms with Crippen molar-refractivity contribution in [2.24, 2.45) is 0 Å². The molecule has 2 aromatic carbocycles. The third-order valence-electron chi connectivity index (χ3n) is 5.28. The van der Waals surface area contributed by atoms with Crippen molar-refractivity contribution < 1.29 is 18.3 Å². The lowest BCUT2D eigenvalue weighted by Crippen LogP contribution is -2.49. The van der Waals surface area contributed by atoms with Gasteiger partial charge >= 0.3 is 5.63 Å². The van der Waals surface area contributed by atoms with Crippen molar-refractivity contribution >= 4 is 16.9 Å². The minimum atomic E-state index is -0.352. The van der Waals surface area contributed by atoms with Gasteiger partial charge in [-0.25, -0.2) is 9.18 Å². The summed E-state index contributed by atoms with van der Waals surface area (Å²) in [5.74, 6) is 0.0255. The summed E-state index contributed by atoms with van der Waals surface area (Å²) in [5, 5.41) is 0.936. The zero-order valence-electron chi connectivity index (χ0n) is 16.8. The number of ether oxygens (including phenoxy) is 1. The van der Waals surface area contributed by atoms with Crippen molar-refractivity contribution in [3.63, 3.8) is 0 Å². The number of piperazine rings is 1. The number of carbonyl (C=O) groups is 1. The summed E-state index contributed by atoms with van der Waals surface area (Å²) in [4.78, 5) is 28.3. The molecule has 0 atom stereocenters. The Morgan fingerprint density at radius 3 is 2.53 bits per heavy atom. The van der Waals surface area contributed by atoms with E-state index in [0.29, 0.717) is 44.1 Å². The van der Waals surface area contributed by atoms with Crippen LogP contribution >= 0.6 is 0 Å². The molecule has 0 saturated carbocycles. The predicted octanol–water partition coefficient (Wildman–Crippen LogP) is 2.96. The number of aryl methyl sites for hydroxylation is 1. The van der Waals surface area contributed by atoms with Crippen molar-refractivity contribution in [3.8, 4) is 5.75 Å². The van der Waals surface area contributed by atoms with Crippen LogP contribution in [0.2, 0.25) is 0 Å². The van der Waals surface area contributed by atoms with E-state index in [2.05, 4.69) is 4.90 Å². The minimum absolute atomic E-state index is 0.0741. The Morgan fingerprint density at radius 1 is 1.07 bits per heavy atom. The first-order valence-electron chi connectivity index (χ1n) is 9.90. The van der Waals surface area contributed by atoms with Crippen LogP contribution < -0.4 is 10.4 Å². The highest BCUT2D eigenvalue weighted by atomic mass is 19.1. The highest BCUT2D eigenvalue weighted by Crippen LogP contribution is 2.20. The summed E-state index contributed by atoms with van der Waals surface area (Å²) in [6.07, 6.45) is 0. The van der Waals surface area contributed by atoms with Gasteiger partial charge in [-0.05, 0) is 48.4 Å². The van der Waals surface area contributed by atoms with Gasteiger partial charge < -0.3 is 14.1 Å². The number of fused-ring (bicyclic) bond motifs is 1. The topological polar surface area (TPSA) is 63.0 Å². The molecule has 156 valence electrons. The average molecular weight is 410 g/mol. The maximum Gasteiger partial charge on any atom is 0.336 e. The zero-order chi connectivity index (χ0) is 21.1. The largest absolute Gasteiger partial charge is 0.484 e. The Kier molecular flexibility index (Phi) is 5.81. The fourth-order valence-electron chi connectivity index (χ4n) is 3.63. The van der Waals surface area contributed by atoms with Gasteiger partial charge in [0.2, 0.25) is 0 Å². The smallest absolute Gasteiger partial charge is 0.336 e. The molecule has 2 heterocycles. The van der Waals surface area contributed by atoms with Gasteiger partial charge in [-0.1, -0.05) is 12.1 Å². The molecule has 7 heteroatoms. The maximum absolute atomic E-state index is 12.9. The number of hydrogen-bond acceptors (Lipinski definition) is 5. The van der Waals surface area contributed by atoms with Crippen LogP contribution in [-0.2, 0) is 11.3 Å². The van der Waals surface area contributed by atoms with Crippen molar-refractivity contribution in [2.45, 2.75) is 13.5 Å². The fraction of sp³-hybridized carbons (Fsp3) is 0.304. The molecule has 1 aromatic heterocycles. The quantitative estimate of drug-likeness (QED) is 0.605. The summed E-state index contributed by atoms with van der Waals surface area (Å²) in [7, 11) is 0. The molecular weight excluding hydrogens is 387 g/mol. The molecule has 0 radical (unpaired) electrons. The standard InChI is InChI=1S/C23H23FN2O4/c1-16-2-7-20-17(13-23(28)30-21(20)12-16)14-25-8-10-26(11-9-25)22(27)15-29-19-5-3-18(24)4-6-19/h2-7,12-13H,8-11,14-15H2,1H3. The highest BCUT2D eigenvalue weighted by molar-refractivity contribution is 5.80. The van der Waals surface area contributed by atoms with E-state index in [1.807, 2.05) is 25.1 Å². The number of halogens is 1. The normalized spacial score (nSPS) is 14.8. The van der Waals surface area contributed by atoms with Gasteiger partial charge in [0.1, 0.15) is 17.1 Å². The Bertz CT molecular complexity index is 1100. The van der Waals surface area contributed by atoms with Crippen LogP contribution in [0.5, 0.6) is 5.75 Å². The lowest BCUT2D eigenvalue weighted by atomic mass is 10.1. The van der Waals surface area contributed by atoms with E-state index < -0.39 is 0 Å². The molecule has 0 unspecified atom stereocenters. The summed E-state index contributed by atoms with van der Waals surface area (Å²) < 4.78 is 23.7. The van der Waals surface area contributed by atoms with Crippen molar-refractivity contribution in [2.75, 3.05) is 32.8 Å². The molecule has 0 bridgehead atoms. The Labute approximate surface area is 173 Å². The molecule has 6 nitrogen and oxygen atoms in total. The number of nitrogens with zero attached hydrogens (tertiary/aromatic N) is 2. The van der Waals surface area contributed by atoms with Crippen molar-refractivity contribution in [1.82, 2.24) is 9.80 Å². The number of hydrogen-bond donors (Lipinski definition) is 0. The summed E-state index contributed by atoms with van der Waals surface area (Å²) >= 11 is 0. The molecule has 1 saturated heterocycles. The first-order chi connectivity index (χ1) is 14.5. The lowest BCUT2D eigenvalue weighted by molar-refractivity contribution is -0.135. The zero-order valence-corrected chi connectivity index (χ0v) is 16.8. The van der Waals surface area contributed by atoms with E-state index in [9.17, 15) is 14.0 Å². The molecule has 4 rings (SSSR count). The van der Waals surface area contributed by atoms with E-state index in [-0.39, 0.29) is 24.0 Å². The highest BCUT2D eigenvalue weighted by Gasteiger charge is 2.22. The van der Waals surface area contributed by atoms with Crippen molar-refractivity contribution in [3.05, 3.63) is 75.9 Å². The second-order valence-corrected chi connectivity index (χ2v) is 7.49. The SMILES string of the molecule is Cc1ccc2c(CN3CCN(C(=O)COc4ccc(F)cc4)CC3)cc(=O)oc2c1. The fourth-order valence-corrected chi connectivity index (χ4v) is 3.63. The first kappa shape index (κ1) is 20.1. The molecule has 0 spiro atoms. The minimum Gasteiger partial charge on any atom is -0.484 e. The molecule has 30 heavy (non-hydrogen) atoms. The number of benzene rings is 2. The first-order valence-corrected chi connectivity index (χ1v) is 9.90. The van der Waals surface area contributed by atoms with Crippen LogP contribution in [0.25, 0.3) is 11.0 Å². The molecule has 1 fully saturated rings. The predicted molar refractivity (Wildman–Crippen MR) is 111 cm³/mol. The van der Waals surface area contributed by atoms with Gasteiger partial charge in [-0.3, -0.25) is 9.69 Å². The third-order valence-corrected chi connectivity index (χ3v) is 5.28. The summed E-state index contributed by atoms with van der Waals surface area (Å²) in [6, 6.07) is 13.0. The molecule has 0 N–H and O–H groups in total. The van der Waals surface area contributed by atoms with E-state index >= 15 is 0 Å². The van der Waals surface area contributed by atoms with Crippen LogP contribution in [0.4, 0.5) is 4.39 Å². The van der Waals surface area contributed by atoms with E-state index in [1.54, 1.807) is 11.0 Å². The van der Waals surface area contributed by atoms with Crippen LogP contribution in [0.3, 0.4) is 0 Å². The Morgan fingerprint density at radius 2 is 1.80 bits per heavy atom. The van der Waals surface area contributed by atoms with Crippen molar-refractivity contribution in [1.29, 1.82) is 0 Å². The number of amides is 1. The molecular formula is C23H23FN2O4. The van der Waals surface area contributed by atoms with Crippen LogP contribution in [-0.4, -0.2) is 48.5 Å². The van der Waals surface area contributed by atoms with E-state index in [4.69, 9.17) is 9.15 Å². The van der Waals surface area contributed by atoms with Gasteiger partial charge in [0.25, 0.3) is 5.91 Å². The van der Waals surface area contributed by atoms with Crippen LogP contribution in [0, 0.1) is 12.7 Å². The summed E-state index contributed by atoms with van der Waals surface area (Å²) in [6.45, 7) is 5.09. The van der Waals surface area contributed by atoms with Gasteiger partial charge in [0.05, 0.1) is 0 Å². The summed E-state index contributed by atoms with van der Waals surface area (Å²) in [5.41, 5.74) is 2.22. The van der Waals surface area contributed by atoms with E-state index in [0.717, 1.165) is 16.5 Å². The second kappa shape index (κ2) is 8.67. The molecule has 1 aliphatic rings. The Hall–Kier alpha value is -3.19. The molecule has 1 amide bonds. The monoisotopic (exact) mass is 410 g/mol. The average Bonchev–Trinajstić information content (AvgIpc) is 2.73. The second-order valence-electron chi connectivity index (χ2n) is 7.49. The van der Waals surface area contributed by atoms with E-state index in [1.165, 1.54) is 24.3 Å². The lowest BCUT2D eigenvalue weighted by Gasteiger charge is -2.34.